The van der Waals surface area contributed by atoms with Crippen LogP contribution in [0, 0.1) is 5.82 Å². The van der Waals surface area contributed by atoms with Crippen LogP contribution in [0.15, 0.2) is 47.2 Å². The third-order valence-corrected chi connectivity index (χ3v) is 3.22. The van der Waals surface area contributed by atoms with Gasteiger partial charge in [0, 0.05) is 16.9 Å². The number of aromatic nitrogens is 1. The van der Waals surface area contributed by atoms with Crippen LogP contribution in [0.4, 0.5) is 4.39 Å². The van der Waals surface area contributed by atoms with Crippen molar-refractivity contribution in [3.05, 3.63) is 64.1 Å². The van der Waals surface area contributed by atoms with Gasteiger partial charge in [0.25, 0.3) is 5.91 Å². The van der Waals surface area contributed by atoms with Crippen LogP contribution in [0.2, 0.25) is 0 Å². The van der Waals surface area contributed by atoms with Crippen LogP contribution < -0.4 is 5.32 Å². The number of nitrogens with zero attached hydrogens (tertiary/aromatic N) is 1. The van der Waals surface area contributed by atoms with E-state index in [9.17, 15) is 9.18 Å². The van der Waals surface area contributed by atoms with Gasteiger partial charge in [0.1, 0.15) is 5.82 Å². The standard InChI is InChI=1S/C14H12BrFN2O/c1-9(10-4-6-17-7-5-10)18-14(19)12-8-11(15)2-3-13(12)16/h2-9H,1H3,(H,18,19). The smallest absolute Gasteiger partial charge is 0.254 e. The van der Waals surface area contributed by atoms with Crippen LogP contribution in [-0.2, 0) is 0 Å². The maximum atomic E-state index is 13.6. The van der Waals surface area contributed by atoms with Crippen molar-refractivity contribution < 1.29 is 9.18 Å². The highest BCUT2D eigenvalue weighted by Crippen LogP contribution is 2.17. The van der Waals surface area contributed by atoms with E-state index in [0.29, 0.717) is 4.47 Å². The van der Waals surface area contributed by atoms with Crippen LogP contribution in [0.1, 0.15) is 28.9 Å². The Morgan fingerprint density at radius 2 is 2.00 bits per heavy atom. The summed E-state index contributed by atoms with van der Waals surface area (Å²) in [5.41, 5.74) is 0.939. The summed E-state index contributed by atoms with van der Waals surface area (Å²) in [6, 6.07) is 7.68. The fourth-order valence-electron chi connectivity index (χ4n) is 1.68. The molecule has 1 aromatic heterocycles. The van der Waals surface area contributed by atoms with Gasteiger partial charge in [-0.25, -0.2) is 4.39 Å². The molecule has 2 rings (SSSR count). The number of amides is 1. The molecule has 0 fully saturated rings. The number of carbonyl (C=O) groups is 1. The SMILES string of the molecule is CC(NC(=O)c1cc(Br)ccc1F)c1ccncc1. The Morgan fingerprint density at radius 3 is 2.68 bits per heavy atom. The average molecular weight is 323 g/mol. The highest BCUT2D eigenvalue weighted by molar-refractivity contribution is 9.10. The lowest BCUT2D eigenvalue weighted by atomic mass is 10.1. The van der Waals surface area contributed by atoms with Crippen LogP contribution in [0.25, 0.3) is 0 Å². The number of hydrogen-bond donors (Lipinski definition) is 1. The summed E-state index contributed by atoms with van der Waals surface area (Å²) < 4.78 is 14.2. The molecule has 0 aliphatic heterocycles. The van der Waals surface area contributed by atoms with Gasteiger partial charge in [-0.15, -0.1) is 0 Å². The first-order valence-corrected chi connectivity index (χ1v) is 6.53. The second-order valence-electron chi connectivity index (χ2n) is 4.10. The maximum Gasteiger partial charge on any atom is 0.254 e. The van der Waals surface area contributed by atoms with Crippen molar-refractivity contribution in [2.45, 2.75) is 13.0 Å². The van der Waals surface area contributed by atoms with Crippen LogP contribution in [0.3, 0.4) is 0 Å². The fourth-order valence-corrected chi connectivity index (χ4v) is 2.04. The van der Waals surface area contributed by atoms with E-state index in [-0.39, 0.29) is 11.6 Å². The number of hydrogen-bond acceptors (Lipinski definition) is 2. The lowest BCUT2D eigenvalue weighted by Gasteiger charge is -2.14. The first-order chi connectivity index (χ1) is 9.08. The Balaban J connectivity index is 2.15. The van der Waals surface area contributed by atoms with Crippen LogP contribution >= 0.6 is 15.9 Å². The number of carbonyl (C=O) groups excluding carboxylic acids is 1. The van der Waals surface area contributed by atoms with Gasteiger partial charge < -0.3 is 5.32 Å². The van der Waals surface area contributed by atoms with Crippen molar-refractivity contribution in [3.63, 3.8) is 0 Å². The second-order valence-corrected chi connectivity index (χ2v) is 5.02. The Bertz CT molecular complexity index is 589. The second kappa shape index (κ2) is 5.93. The van der Waals surface area contributed by atoms with E-state index < -0.39 is 11.7 Å². The van der Waals surface area contributed by atoms with Crippen molar-refractivity contribution in [3.8, 4) is 0 Å². The minimum Gasteiger partial charge on any atom is -0.345 e. The molecule has 0 bridgehead atoms. The van der Waals surface area contributed by atoms with E-state index in [1.54, 1.807) is 18.5 Å². The monoisotopic (exact) mass is 322 g/mol. The lowest BCUT2D eigenvalue weighted by molar-refractivity contribution is 0.0935. The zero-order valence-electron chi connectivity index (χ0n) is 10.2. The molecule has 0 aliphatic carbocycles. The molecule has 1 amide bonds. The molecule has 1 atom stereocenters. The van der Waals surface area contributed by atoms with E-state index in [2.05, 4.69) is 26.2 Å². The third kappa shape index (κ3) is 3.38. The molecule has 0 aliphatic rings. The number of rotatable bonds is 3. The van der Waals surface area contributed by atoms with E-state index >= 15 is 0 Å². The van der Waals surface area contributed by atoms with Crippen molar-refractivity contribution in [1.29, 1.82) is 0 Å². The molecule has 0 saturated heterocycles. The largest absolute Gasteiger partial charge is 0.345 e. The predicted molar refractivity (Wildman–Crippen MR) is 74.2 cm³/mol. The molecule has 3 nitrogen and oxygen atoms in total. The molecular weight excluding hydrogens is 311 g/mol. The summed E-state index contributed by atoms with van der Waals surface area (Å²) in [6.45, 7) is 1.84. The van der Waals surface area contributed by atoms with Crippen LogP contribution in [-0.4, -0.2) is 10.9 Å². The zero-order valence-corrected chi connectivity index (χ0v) is 11.8. The van der Waals surface area contributed by atoms with E-state index in [1.165, 1.54) is 12.1 Å². The third-order valence-electron chi connectivity index (χ3n) is 2.73. The van der Waals surface area contributed by atoms with Gasteiger partial charge in [0.05, 0.1) is 11.6 Å². The lowest BCUT2D eigenvalue weighted by Crippen LogP contribution is -2.27. The van der Waals surface area contributed by atoms with Crippen molar-refractivity contribution >= 4 is 21.8 Å². The van der Waals surface area contributed by atoms with Crippen molar-refractivity contribution in [2.75, 3.05) is 0 Å². The zero-order chi connectivity index (χ0) is 13.8. The van der Waals surface area contributed by atoms with Crippen molar-refractivity contribution in [2.24, 2.45) is 0 Å². The molecule has 5 heteroatoms. The molecule has 19 heavy (non-hydrogen) atoms. The Hall–Kier alpha value is -1.75. The van der Waals surface area contributed by atoms with E-state index in [4.69, 9.17) is 0 Å². The summed E-state index contributed by atoms with van der Waals surface area (Å²) in [5, 5.41) is 2.75. The van der Waals surface area contributed by atoms with Gasteiger partial charge in [-0.05, 0) is 42.8 Å². The highest BCUT2D eigenvalue weighted by atomic mass is 79.9. The molecule has 0 radical (unpaired) electrons. The van der Waals surface area contributed by atoms with Gasteiger partial charge in [-0.1, -0.05) is 15.9 Å². The number of benzene rings is 1. The number of nitrogens with one attached hydrogen (secondary N) is 1. The first kappa shape index (κ1) is 13.7. The minimum atomic E-state index is -0.539. The first-order valence-electron chi connectivity index (χ1n) is 5.74. The summed E-state index contributed by atoms with van der Waals surface area (Å²) in [4.78, 5) is 15.9. The topological polar surface area (TPSA) is 42.0 Å². The molecule has 1 aromatic carbocycles. The molecule has 1 N–H and O–H groups in total. The average Bonchev–Trinajstić information content (AvgIpc) is 2.42. The summed E-state index contributed by atoms with van der Waals surface area (Å²) >= 11 is 3.22. The van der Waals surface area contributed by atoms with Gasteiger partial charge in [0.15, 0.2) is 0 Å². The Labute approximate surface area is 119 Å². The van der Waals surface area contributed by atoms with Crippen LogP contribution in [0.5, 0.6) is 0 Å². The summed E-state index contributed by atoms with van der Waals surface area (Å²) in [7, 11) is 0. The molecular formula is C14H12BrFN2O. The molecule has 1 heterocycles. The predicted octanol–water partition coefficient (Wildman–Crippen LogP) is 3.47. The van der Waals surface area contributed by atoms with E-state index in [0.717, 1.165) is 5.56 Å². The molecule has 0 spiro atoms. The number of pyridine rings is 1. The molecule has 1 unspecified atom stereocenters. The van der Waals surface area contributed by atoms with Crippen molar-refractivity contribution in [1.82, 2.24) is 10.3 Å². The van der Waals surface area contributed by atoms with Gasteiger partial charge in [0.2, 0.25) is 0 Å². The normalized spacial score (nSPS) is 11.9. The number of halogens is 2. The van der Waals surface area contributed by atoms with E-state index in [1.807, 2.05) is 19.1 Å². The Kier molecular flexibility index (Phi) is 4.27. The molecule has 98 valence electrons. The van der Waals surface area contributed by atoms with Gasteiger partial charge >= 0.3 is 0 Å². The quantitative estimate of drug-likeness (QED) is 0.940. The fraction of sp³-hybridized carbons (Fsp3) is 0.143. The van der Waals surface area contributed by atoms with Gasteiger partial charge in [-0.3, -0.25) is 9.78 Å². The Morgan fingerprint density at radius 1 is 1.32 bits per heavy atom. The minimum absolute atomic E-state index is 0.0234. The maximum absolute atomic E-state index is 13.6. The highest BCUT2D eigenvalue weighted by Gasteiger charge is 2.15. The molecule has 0 saturated carbocycles. The van der Waals surface area contributed by atoms with Gasteiger partial charge in [-0.2, -0.15) is 0 Å². The summed E-state index contributed by atoms with van der Waals surface area (Å²) in [6.07, 6.45) is 3.30. The molecule has 2 aromatic rings. The summed E-state index contributed by atoms with van der Waals surface area (Å²) in [5.74, 6) is -0.981.